The molecule has 1 fully saturated rings. The number of rotatable bonds is 5. The number of thioether (sulfide) groups is 1. The van der Waals surface area contributed by atoms with Gasteiger partial charge in [0.1, 0.15) is 26.6 Å². The van der Waals surface area contributed by atoms with Crippen molar-refractivity contribution in [1.82, 2.24) is 14.0 Å². The molecule has 190 valence electrons. The molecule has 1 saturated heterocycles. The lowest BCUT2D eigenvalue weighted by molar-refractivity contribution is -0.140. The highest BCUT2D eigenvalue weighted by Gasteiger charge is 2.35. The number of hydrogen-bond donors (Lipinski definition) is 2. The zero-order valence-electron chi connectivity index (χ0n) is 18.5. The van der Waals surface area contributed by atoms with Gasteiger partial charge in [-0.1, -0.05) is 35.6 Å². The highest BCUT2D eigenvalue weighted by Crippen LogP contribution is 2.40. The van der Waals surface area contributed by atoms with Crippen molar-refractivity contribution in [1.29, 1.82) is 0 Å². The van der Waals surface area contributed by atoms with Gasteiger partial charge in [0.15, 0.2) is 11.6 Å². The lowest BCUT2D eigenvalue weighted by Crippen LogP contribution is -2.36. The van der Waals surface area contributed by atoms with Gasteiger partial charge in [0, 0.05) is 25.2 Å². The quantitative estimate of drug-likeness (QED) is 0.362. The number of carboxylic acid groups (broad SMARTS) is 1. The summed E-state index contributed by atoms with van der Waals surface area (Å²) in [7, 11) is -1.48. The third kappa shape index (κ3) is 4.79. The normalized spacial score (nSPS) is 18.9. The number of ether oxygens (including phenoxy) is 1. The SMILES string of the molecule is Cn1c(=O)/c(=C/C=C2/Oc3ccc(Cl)cc3N2CS(=O)(=O)O)n(C)/c1=C1/SC(=S)N(CC(=O)O)C1=O. The van der Waals surface area contributed by atoms with E-state index in [0.29, 0.717) is 16.5 Å². The molecule has 36 heavy (non-hydrogen) atoms. The number of carboxylic acids is 1. The van der Waals surface area contributed by atoms with Crippen LogP contribution in [0.4, 0.5) is 5.69 Å². The second kappa shape index (κ2) is 9.40. The van der Waals surface area contributed by atoms with E-state index in [2.05, 4.69) is 0 Å². The number of fused-ring (bicyclic) bond motifs is 1. The Morgan fingerprint density at radius 1 is 1.19 bits per heavy atom. The maximum atomic E-state index is 13.0. The molecule has 1 amide bonds. The van der Waals surface area contributed by atoms with Gasteiger partial charge in [-0.05, 0) is 24.3 Å². The maximum absolute atomic E-state index is 13.0. The average molecular weight is 573 g/mol. The van der Waals surface area contributed by atoms with Crippen LogP contribution in [0.2, 0.25) is 5.02 Å². The Bertz CT molecular complexity index is 1660. The zero-order chi connectivity index (χ0) is 26.5. The summed E-state index contributed by atoms with van der Waals surface area (Å²) in [5, 5.41) is 9.47. The van der Waals surface area contributed by atoms with Crippen LogP contribution in [0.25, 0.3) is 11.0 Å². The van der Waals surface area contributed by atoms with E-state index in [1.165, 1.54) is 52.4 Å². The fourth-order valence-corrected chi connectivity index (χ4v) is 5.84. The van der Waals surface area contributed by atoms with Crippen LogP contribution in [-0.2, 0) is 33.8 Å². The van der Waals surface area contributed by atoms with Crippen molar-refractivity contribution in [3.05, 3.63) is 56.4 Å². The summed E-state index contributed by atoms with van der Waals surface area (Å²) in [6.07, 6.45) is 2.71. The molecule has 0 spiro atoms. The smallest absolute Gasteiger partial charge is 0.323 e. The van der Waals surface area contributed by atoms with Gasteiger partial charge in [-0.25, -0.2) is 0 Å². The number of halogens is 1. The number of imidazole rings is 1. The van der Waals surface area contributed by atoms with Gasteiger partial charge in [0.2, 0.25) is 5.88 Å². The number of allylic oxidation sites excluding steroid dienone is 1. The van der Waals surface area contributed by atoms with E-state index in [4.69, 9.17) is 33.7 Å². The molecule has 0 radical (unpaired) electrons. The molecule has 0 bridgehead atoms. The van der Waals surface area contributed by atoms with Crippen LogP contribution in [-0.4, -0.2) is 60.7 Å². The molecule has 16 heteroatoms. The van der Waals surface area contributed by atoms with Gasteiger partial charge in [-0.2, -0.15) is 8.42 Å². The number of aliphatic carboxylic acids is 1. The predicted molar refractivity (Wildman–Crippen MR) is 136 cm³/mol. The molecule has 2 N–H and O–H groups in total. The van der Waals surface area contributed by atoms with E-state index in [1.54, 1.807) is 6.07 Å². The van der Waals surface area contributed by atoms with Gasteiger partial charge >= 0.3 is 5.97 Å². The largest absolute Gasteiger partial charge is 0.480 e. The number of anilines is 1. The van der Waals surface area contributed by atoms with Crippen molar-refractivity contribution in [2.45, 2.75) is 0 Å². The third-order valence-corrected chi connectivity index (χ3v) is 7.48. The molecule has 2 aliphatic rings. The number of carbonyl (C=O) groups is 2. The fraction of sp³-hybridized carbons (Fsp3) is 0.200. The first kappa shape index (κ1) is 26.0. The van der Waals surface area contributed by atoms with Crippen LogP contribution >= 0.6 is 35.6 Å². The van der Waals surface area contributed by atoms with Crippen molar-refractivity contribution >= 4 is 78.6 Å². The van der Waals surface area contributed by atoms with E-state index in [9.17, 15) is 27.4 Å². The zero-order valence-corrected chi connectivity index (χ0v) is 21.7. The molecular formula is C20H17ClN4O8S3. The number of hydrogen-bond acceptors (Lipinski definition) is 9. The van der Waals surface area contributed by atoms with E-state index in [1.807, 2.05) is 0 Å². The van der Waals surface area contributed by atoms with Crippen LogP contribution in [0.3, 0.4) is 0 Å². The Balaban J connectivity index is 1.84. The Hall–Kier alpha value is -3.11. The molecule has 12 nitrogen and oxygen atoms in total. The lowest BCUT2D eigenvalue weighted by Gasteiger charge is -2.15. The number of amides is 1. The minimum Gasteiger partial charge on any atom is -0.480 e. The van der Waals surface area contributed by atoms with Crippen LogP contribution < -0.4 is 26.0 Å². The van der Waals surface area contributed by atoms with Crippen molar-refractivity contribution in [2.75, 3.05) is 17.3 Å². The average Bonchev–Trinajstić information content (AvgIpc) is 3.31. The van der Waals surface area contributed by atoms with Crippen LogP contribution in [0.15, 0.2) is 35.0 Å². The van der Waals surface area contributed by atoms with E-state index >= 15 is 0 Å². The van der Waals surface area contributed by atoms with E-state index < -0.39 is 40.0 Å². The Morgan fingerprint density at radius 2 is 1.89 bits per heavy atom. The van der Waals surface area contributed by atoms with Gasteiger partial charge in [-0.15, -0.1) is 0 Å². The summed E-state index contributed by atoms with van der Waals surface area (Å²) < 4.78 is 41.0. The summed E-state index contributed by atoms with van der Waals surface area (Å²) in [5.74, 6) is -2.40. The minimum absolute atomic E-state index is 0.00229. The van der Waals surface area contributed by atoms with Crippen LogP contribution in [0, 0.1) is 0 Å². The monoisotopic (exact) mass is 572 g/mol. The van der Waals surface area contributed by atoms with Gasteiger partial charge in [0.05, 0.1) is 5.69 Å². The highest BCUT2D eigenvalue weighted by atomic mass is 35.5. The summed E-state index contributed by atoms with van der Waals surface area (Å²) in [4.78, 5) is 39.1. The van der Waals surface area contributed by atoms with Crippen LogP contribution in [0.5, 0.6) is 5.75 Å². The first-order valence-corrected chi connectivity index (χ1v) is 13.1. The predicted octanol–water partition coefficient (Wildman–Crippen LogP) is -0.203. The Labute approximate surface area is 218 Å². The molecular weight excluding hydrogens is 556 g/mol. The van der Waals surface area contributed by atoms with E-state index in [-0.39, 0.29) is 25.9 Å². The first-order valence-electron chi connectivity index (χ1n) is 9.92. The summed E-state index contributed by atoms with van der Waals surface area (Å²) in [5.41, 5.74) is 0.00983. The van der Waals surface area contributed by atoms with Crippen molar-refractivity contribution in [3.8, 4) is 5.75 Å². The molecule has 2 aromatic rings. The summed E-state index contributed by atoms with van der Waals surface area (Å²) in [6.45, 7) is -0.608. The molecule has 3 heterocycles. The van der Waals surface area contributed by atoms with Crippen molar-refractivity contribution in [3.63, 3.8) is 0 Å². The fourth-order valence-electron chi connectivity index (χ4n) is 3.69. The Morgan fingerprint density at radius 3 is 2.53 bits per heavy atom. The summed E-state index contributed by atoms with van der Waals surface area (Å²) in [6, 6.07) is 4.54. The van der Waals surface area contributed by atoms with Gasteiger partial charge < -0.3 is 14.4 Å². The molecule has 2 aliphatic heterocycles. The number of aromatic nitrogens is 2. The van der Waals surface area contributed by atoms with Crippen molar-refractivity contribution in [2.24, 2.45) is 14.1 Å². The molecule has 1 aromatic carbocycles. The number of benzene rings is 1. The first-order chi connectivity index (χ1) is 16.8. The second-order valence-corrected chi connectivity index (χ2v) is 11.1. The molecule has 0 saturated carbocycles. The van der Waals surface area contributed by atoms with Crippen molar-refractivity contribution < 1.29 is 32.4 Å². The number of carbonyl (C=O) groups excluding carboxylic acids is 1. The standard InChI is InChI=1S/C20H17ClN4O8S3/c1-22-11(18(28)23(2)17(22)16-19(29)24(8-15(26)27)20(34)35-16)4-6-14-25(9-36(30,31)32)12-7-10(21)3-5-13(12)33-14/h3-7H,8-9H2,1-2H3,(H,26,27)(H,30,31,32)/b11-4-,14-6+,17-16-. The molecule has 0 unspecified atom stereocenters. The van der Waals surface area contributed by atoms with E-state index in [0.717, 1.165) is 16.7 Å². The maximum Gasteiger partial charge on any atom is 0.323 e. The minimum atomic E-state index is -4.46. The third-order valence-electron chi connectivity index (χ3n) is 5.23. The molecule has 4 rings (SSSR count). The van der Waals surface area contributed by atoms with Gasteiger partial charge in [0.25, 0.3) is 21.6 Å². The lowest BCUT2D eigenvalue weighted by atomic mass is 10.3. The van der Waals surface area contributed by atoms with Crippen LogP contribution in [0.1, 0.15) is 0 Å². The number of nitrogens with zero attached hydrogens (tertiary/aromatic N) is 4. The second-order valence-electron chi connectivity index (χ2n) is 7.64. The summed E-state index contributed by atoms with van der Waals surface area (Å²) >= 11 is 12.0. The molecule has 0 aliphatic carbocycles. The number of thiocarbonyl (C=S) groups is 1. The highest BCUT2D eigenvalue weighted by molar-refractivity contribution is 8.30. The topological polar surface area (TPSA) is 151 Å². The molecule has 1 aromatic heterocycles. The molecule has 0 atom stereocenters. The Kier molecular flexibility index (Phi) is 6.78. The van der Waals surface area contributed by atoms with Gasteiger partial charge in [-0.3, -0.25) is 33.3 Å².